The summed E-state index contributed by atoms with van der Waals surface area (Å²) in [4.78, 5) is 182. The summed E-state index contributed by atoms with van der Waals surface area (Å²) in [6.07, 6.45) is -9.24. The lowest BCUT2D eigenvalue weighted by Crippen LogP contribution is -2.61. The molecule has 13 amide bonds. The van der Waals surface area contributed by atoms with Gasteiger partial charge in [0.15, 0.2) is 0 Å². The van der Waals surface area contributed by atoms with Crippen LogP contribution in [0.2, 0.25) is 0 Å². The molecule has 1 saturated heterocycles. The quantitative estimate of drug-likeness (QED) is 0.0646. The van der Waals surface area contributed by atoms with Crippen LogP contribution in [0.15, 0.2) is 30.3 Å². The van der Waals surface area contributed by atoms with Gasteiger partial charge >= 0.3 is 24.4 Å². The molecule has 0 spiro atoms. The number of hydrogen-bond acceptors (Lipinski definition) is 20. The van der Waals surface area contributed by atoms with E-state index in [-0.39, 0.29) is 57.8 Å². The molecule has 2 rings (SSSR count). The van der Waals surface area contributed by atoms with E-state index in [1.807, 2.05) is 0 Å². The molecule has 33 nitrogen and oxygen atoms in total. The van der Waals surface area contributed by atoms with Crippen LogP contribution in [0.4, 0.5) is 19.2 Å². The van der Waals surface area contributed by atoms with Gasteiger partial charge in [-0.05, 0) is 147 Å². The van der Waals surface area contributed by atoms with Crippen molar-refractivity contribution in [2.75, 3.05) is 32.7 Å². The number of ether oxygens (including phenoxy) is 4. The van der Waals surface area contributed by atoms with Crippen LogP contribution in [0.3, 0.4) is 0 Å². The van der Waals surface area contributed by atoms with Crippen molar-refractivity contribution in [3.05, 3.63) is 35.9 Å². The van der Waals surface area contributed by atoms with Crippen molar-refractivity contribution in [1.29, 1.82) is 0 Å². The minimum absolute atomic E-state index is 0.0848. The van der Waals surface area contributed by atoms with Gasteiger partial charge in [-0.2, -0.15) is 0 Å². The van der Waals surface area contributed by atoms with Gasteiger partial charge in [0.1, 0.15) is 76.8 Å². The minimum atomic E-state index is -1.85. The van der Waals surface area contributed by atoms with Crippen LogP contribution in [0, 0.1) is 5.92 Å². The van der Waals surface area contributed by atoms with E-state index in [1.54, 1.807) is 127 Å². The normalized spacial score (nSPS) is 21.4. The highest BCUT2D eigenvalue weighted by atomic mass is 16.6. The third kappa shape index (κ3) is 34.2. The van der Waals surface area contributed by atoms with Crippen molar-refractivity contribution in [3.8, 4) is 0 Å². The molecule has 1 aromatic rings. The summed E-state index contributed by atoms with van der Waals surface area (Å²) in [5.41, 5.74) is 2.62. The fraction of sp³-hybridized carbons (Fsp3) is 0.698. The van der Waals surface area contributed by atoms with Gasteiger partial charge < -0.3 is 104 Å². The smallest absolute Gasteiger partial charge is 0.407 e. The highest BCUT2D eigenvalue weighted by molar-refractivity contribution is 5.98. The molecule has 0 bridgehead atoms. The number of rotatable bonds is 22. The average Bonchev–Trinajstić information content (AvgIpc) is 0.947. The largest absolute Gasteiger partial charge is 0.444 e. The summed E-state index contributed by atoms with van der Waals surface area (Å²) in [6, 6.07) is -6.61. The number of hydrogen-bond donors (Lipinski definition) is 16. The molecule has 542 valence electrons. The zero-order valence-electron chi connectivity index (χ0n) is 58.2. The lowest BCUT2D eigenvalue weighted by atomic mass is 10.00. The van der Waals surface area contributed by atoms with Crippen LogP contribution in [0.5, 0.6) is 0 Å². The fourth-order valence-corrected chi connectivity index (χ4v) is 8.87. The zero-order chi connectivity index (χ0) is 73.1. The second-order valence-electron chi connectivity index (χ2n) is 27.7. The number of carbonyl (C=O) groups is 13. The Morgan fingerprint density at radius 3 is 1.29 bits per heavy atom. The standard InChI is InChI=1S/C63H106N14O19/c1-34(2)32-43-52(85)73-39(23-28-66-56(89)93-60(5,6)7)48(81)72-42(26-31-69-59(92)96-63(14,15)16)51(84)77-46(36(4)79)55(88)65-27-22-38(70-49(82)41(74-54(87)45(64)35(3)78)25-30-68-58(91)95-62(11,12)13)47(80)71-40(24-29-67-57(90)94-61(8,9)10)50(83)76-44(53(86)75-43)33-37-20-18-17-19-21-37/h17-21,34-36,38-46,78-79H,22-33,64H2,1-16H3,(H,65,88)(H,66,89)(H,67,90)(H,68,91)(H,69,92)(H,70,82)(H,71,80)(H,72,81)(H,73,85)(H,74,87)(H,75,86)(H,76,83)(H,77,84)/t35?,36?,38-,39-,40-,41-,42-,43-,44+,45-,46-/m0/s1. The molecular formula is C63H106N14O19. The van der Waals surface area contributed by atoms with E-state index in [4.69, 9.17) is 24.7 Å². The van der Waals surface area contributed by atoms with Gasteiger partial charge in [-0.15, -0.1) is 0 Å². The van der Waals surface area contributed by atoms with E-state index in [1.165, 1.54) is 6.92 Å². The zero-order valence-corrected chi connectivity index (χ0v) is 58.2. The van der Waals surface area contributed by atoms with Gasteiger partial charge in [0, 0.05) is 39.1 Å². The number of nitrogens with two attached hydrogens (primary N) is 1. The highest BCUT2D eigenvalue weighted by Gasteiger charge is 2.38. The Bertz CT molecular complexity index is 2800. The van der Waals surface area contributed by atoms with Crippen LogP contribution in [-0.2, 0) is 68.5 Å². The van der Waals surface area contributed by atoms with Crippen molar-refractivity contribution in [2.24, 2.45) is 11.7 Å². The van der Waals surface area contributed by atoms with Crippen molar-refractivity contribution < 1.29 is 91.5 Å². The van der Waals surface area contributed by atoms with Crippen molar-refractivity contribution in [1.82, 2.24) is 69.1 Å². The molecule has 1 aromatic carbocycles. The molecule has 1 heterocycles. The van der Waals surface area contributed by atoms with Crippen molar-refractivity contribution in [2.45, 2.75) is 245 Å². The number of carbonyl (C=O) groups excluding carboxylic acids is 13. The molecule has 11 atom stereocenters. The van der Waals surface area contributed by atoms with Crippen LogP contribution in [0.1, 0.15) is 155 Å². The lowest BCUT2D eigenvalue weighted by Gasteiger charge is -2.29. The summed E-state index contributed by atoms with van der Waals surface area (Å²) < 4.78 is 21.4. The van der Waals surface area contributed by atoms with Crippen LogP contribution in [0.25, 0.3) is 0 Å². The molecule has 1 aliphatic heterocycles. The van der Waals surface area contributed by atoms with E-state index >= 15 is 0 Å². The number of benzene rings is 1. The summed E-state index contributed by atoms with van der Waals surface area (Å²) >= 11 is 0. The maximum atomic E-state index is 14.9. The molecule has 0 saturated carbocycles. The molecule has 1 fully saturated rings. The van der Waals surface area contributed by atoms with E-state index < -0.39 is 192 Å². The molecule has 96 heavy (non-hydrogen) atoms. The van der Waals surface area contributed by atoms with Gasteiger partial charge in [0.2, 0.25) is 53.2 Å². The Balaban J connectivity index is 3.02. The Labute approximate surface area is 561 Å². The Morgan fingerprint density at radius 2 is 0.885 bits per heavy atom. The molecule has 2 unspecified atom stereocenters. The number of alkyl carbamates (subject to hydrolysis) is 4. The monoisotopic (exact) mass is 1360 g/mol. The number of amides is 13. The fourth-order valence-electron chi connectivity index (χ4n) is 8.87. The molecular weight excluding hydrogens is 1260 g/mol. The maximum Gasteiger partial charge on any atom is 0.407 e. The summed E-state index contributed by atoms with van der Waals surface area (Å²) in [5.74, 6) is -9.80. The van der Waals surface area contributed by atoms with E-state index in [0.717, 1.165) is 6.92 Å². The predicted molar refractivity (Wildman–Crippen MR) is 349 cm³/mol. The topological polar surface area (TPSA) is 482 Å². The average molecular weight is 1360 g/mol. The van der Waals surface area contributed by atoms with E-state index in [0.29, 0.717) is 5.56 Å². The van der Waals surface area contributed by atoms with Gasteiger partial charge in [0.25, 0.3) is 0 Å². The molecule has 0 aromatic heterocycles. The number of aliphatic hydroxyl groups excluding tert-OH is 2. The van der Waals surface area contributed by atoms with Crippen LogP contribution < -0.4 is 74.9 Å². The Morgan fingerprint density at radius 1 is 0.510 bits per heavy atom. The number of nitrogens with one attached hydrogen (secondary N) is 13. The van der Waals surface area contributed by atoms with Crippen molar-refractivity contribution in [3.63, 3.8) is 0 Å². The predicted octanol–water partition coefficient (Wildman–Crippen LogP) is -0.578. The molecule has 0 radical (unpaired) electrons. The van der Waals surface area contributed by atoms with Crippen LogP contribution >= 0.6 is 0 Å². The van der Waals surface area contributed by atoms with E-state index in [2.05, 4.69) is 69.1 Å². The third-order valence-corrected chi connectivity index (χ3v) is 13.4. The minimum Gasteiger partial charge on any atom is -0.444 e. The lowest BCUT2D eigenvalue weighted by molar-refractivity contribution is -0.136. The summed E-state index contributed by atoms with van der Waals surface area (Å²) in [6.45, 7) is 23.2. The van der Waals surface area contributed by atoms with Crippen molar-refractivity contribution >= 4 is 77.5 Å². The first kappa shape index (κ1) is 83.5. The molecule has 1 aliphatic rings. The van der Waals surface area contributed by atoms with Crippen LogP contribution in [-0.4, -0.2) is 209 Å². The Hall–Kier alpha value is -8.59. The molecule has 17 N–H and O–H groups in total. The first-order valence-electron chi connectivity index (χ1n) is 32.1. The second kappa shape index (κ2) is 38.8. The highest BCUT2D eigenvalue weighted by Crippen LogP contribution is 2.14. The van der Waals surface area contributed by atoms with Gasteiger partial charge in [0.05, 0.1) is 12.2 Å². The maximum absolute atomic E-state index is 14.9. The van der Waals surface area contributed by atoms with Gasteiger partial charge in [-0.1, -0.05) is 44.2 Å². The number of aliphatic hydroxyl groups is 2. The Kier molecular flexibility index (Phi) is 33.8. The first-order valence-corrected chi connectivity index (χ1v) is 32.1. The SMILES string of the molecule is CC(C)C[C@@H]1NC(=O)[C@@H](Cc2ccccc2)NC(=O)[C@H](CCNC(=O)OC(C)(C)C)NC(=O)[C@@H](NC(=O)[C@H](CCNC(=O)OC(C)(C)C)NC(=O)[C@@H](N)C(C)O)CCNC(=O)[C@H](C(C)O)NC(=O)[C@H](CCNC(=O)OC(C)(C)C)NC(=O)[C@H](CCNC(=O)OC(C)(C)C)NC1=O. The van der Waals surface area contributed by atoms with Gasteiger partial charge in [-0.25, -0.2) is 19.2 Å². The first-order chi connectivity index (χ1) is 44.3. The summed E-state index contributed by atoms with van der Waals surface area (Å²) in [7, 11) is 0. The third-order valence-electron chi connectivity index (χ3n) is 13.4. The summed E-state index contributed by atoms with van der Waals surface area (Å²) in [5, 5.41) is 54.2. The van der Waals surface area contributed by atoms with Gasteiger partial charge in [-0.3, -0.25) is 43.2 Å². The second-order valence-corrected chi connectivity index (χ2v) is 27.7. The molecule has 0 aliphatic carbocycles. The van der Waals surface area contributed by atoms with E-state index in [9.17, 15) is 72.5 Å². The molecule has 33 heteroatoms.